The number of rotatable bonds is 6. The molecule has 40 heavy (non-hydrogen) atoms. The molecule has 0 aliphatic carbocycles. The maximum absolute atomic E-state index is 12.9. The van der Waals surface area contributed by atoms with E-state index in [-0.39, 0.29) is 19.2 Å². The van der Waals surface area contributed by atoms with E-state index >= 15 is 0 Å². The van der Waals surface area contributed by atoms with Crippen molar-refractivity contribution in [2.75, 3.05) is 31.3 Å². The number of hydrogen-bond acceptors (Lipinski definition) is 7. The van der Waals surface area contributed by atoms with Crippen LogP contribution in [0.3, 0.4) is 0 Å². The number of aryl methyl sites for hydroxylation is 1. The molecule has 10 heteroatoms. The Morgan fingerprint density at radius 2 is 1.80 bits per heavy atom. The van der Waals surface area contributed by atoms with Gasteiger partial charge >= 0.3 is 5.69 Å². The van der Waals surface area contributed by atoms with Crippen LogP contribution in [0.2, 0.25) is 0 Å². The van der Waals surface area contributed by atoms with Gasteiger partial charge in [-0.2, -0.15) is 5.10 Å². The maximum atomic E-state index is 12.9. The maximum Gasteiger partial charge on any atom is 0.326 e. The van der Waals surface area contributed by atoms with E-state index < -0.39 is 0 Å². The molecule has 0 amide bonds. The van der Waals surface area contributed by atoms with E-state index in [0.717, 1.165) is 48.9 Å². The Morgan fingerprint density at radius 1 is 1.07 bits per heavy atom. The Labute approximate surface area is 234 Å². The Morgan fingerprint density at radius 3 is 2.52 bits per heavy atom. The number of benzene rings is 3. The molecule has 0 radical (unpaired) electrons. The van der Waals surface area contributed by atoms with Crippen molar-refractivity contribution in [3.63, 3.8) is 0 Å². The average Bonchev–Trinajstić information content (AvgIpc) is 3.35. The third kappa shape index (κ3) is 4.80. The second-order valence-corrected chi connectivity index (χ2v) is 10.3. The molecule has 0 bridgehead atoms. The van der Waals surface area contributed by atoms with Crippen molar-refractivity contribution in [3.8, 4) is 11.5 Å². The third-order valence-electron chi connectivity index (χ3n) is 7.98. The molecule has 2 aliphatic rings. The first kappa shape index (κ1) is 26.0. The number of anilines is 1. The molecular weight excluding hydrogens is 506 g/mol. The molecule has 1 aromatic heterocycles. The van der Waals surface area contributed by atoms with Gasteiger partial charge in [0.2, 0.25) is 0 Å². The van der Waals surface area contributed by atoms with Gasteiger partial charge in [0.05, 0.1) is 22.8 Å². The van der Waals surface area contributed by atoms with Gasteiger partial charge < -0.3 is 20.3 Å². The summed E-state index contributed by atoms with van der Waals surface area (Å²) in [5, 5.41) is 5.77. The number of likely N-dealkylation sites (tertiary alicyclic amines) is 1. The predicted molar refractivity (Wildman–Crippen MR) is 159 cm³/mol. The molecule has 210 valence electrons. The van der Waals surface area contributed by atoms with Crippen molar-refractivity contribution in [1.29, 1.82) is 0 Å². The minimum Gasteiger partial charge on any atom is -0.486 e. The summed E-state index contributed by atoms with van der Waals surface area (Å²) in [5.74, 6) is 14.6. The zero-order valence-electron chi connectivity index (χ0n) is 22.6. The molecule has 3 aromatic carbocycles. The van der Waals surface area contributed by atoms with Crippen LogP contribution in [0.25, 0.3) is 11.0 Å². The first-order chi connectivity index (χ1) is 19.6. The second-order valence-electron chi connectivity index (χ2n) is 10.3. The minimum atomic E-state index is -0.283. The summed E-state index contributed by atoms with van der Waals surface area (Å²) in [7, 11) is 0. The number of fused-ring (bicyclic) bond motifs is 2. The van der Waals surface area contributed by atoms with Crippen LogP contribution >= 0.6 is 0 Å². The fraction of sp³-hybridized carbons (Fsp3) is 0.333. The van der Waals surface area contributed by atoms with Crippen molar-refractivity contribution in [2.24, 2.45) is 16.8 Å². The number of para-hydroxylation sites is 2. The molecule has 6 rings (SSSR count). The van der Waals surface area contributed by atoms with Gasteiger partial charge in [0, 0.05) is 26.6 Å². The lowest BCUT2D eigenvalue weighted by atomic mass is 9.96. The number of amidine groups is 1. The van der Waals surface area contributed by atoms with Gasteiger partial charge in [-0.1, -0.05) is 43.3 Å². The number of aromatic amines is 1. The number of ether oxygens (including phenoxy) is 2. The van der Waals surface area contributed by atoms with Crippen LogP contribution in [-0.4, -0.2) is 46.6 Å². The summed E-state index contributed by atoms with van der Waals surface area (Å²) in [6.45, 7) is 4.63. The summed E-state index contributed by atoms with van der Waals surface area (Å²) in [5.41, 5.74) is 4.74. The van der Waals surface area contributed by atoms with Crippen molar-refractivity contribution in [2.45, 2.75) is 38.3 Å². The zero-order valence-corrected chi connectivity index (χ0v) is 22.6. The van der Waals surface area contributed by atoms with Crippen LogP contribution < -0.4 is 31.9 Å². The highest BCUT2D eigenvalue weighted by molar-refractivity contribution is 6.01. The van der Waals surface area contributed by atoms with Crippen molar-refractivity contribution >= 4 is 22.6 Å². The number of hydrazone groups is 1. The van der Waals surface area contributed by atoms with Crippen molar-refractivity contribution in [1.82, 2.24) is 14.5 Å². The summed E-state index contributed by atoms with van der Waals surface area (Å²) >= 11 is 0. The number of imidazole rings is 1. The molecular formula is C30H37N7O3. The van der Waals surface area contributed by atoms with Crippen molar-refractivity contribution in [3.05, 3.63) is 88.3 Å². The smallest absolute Gasteiger partial charge is 0.326 e. The number of nitrogens with two attached hydrogens (primary N) is 2. The van der Waals surface area contributed by atoms with E-state index in [4.69, 9.17) is 21.2 Å². The average molecular weight is 544 g/mol. The van der Waals surface area contributed by atoms with Crippen molar-refractivity contribution < 1.29 is 10.9 Å². The molecule has 5 N–H and O–H groups in total. The predicted octanol–water partition coefficient (Wildman–Crippen LogP) is 3.94. The summed E-state index contributed by atoms with van der Waals surface area (Å²) in [4.78, 5) is 18.2. The number of hydrazine groups is 1. The highest BCUT2D eigenvalue weighted by Crippen LogP contribution is 2.36. The lowest BCUT2D eigenvalue weighted by molar-refractivity contribution is 0.164. The minimum absolute atomic E-state index is 0. The zero-order chi connectivity index (χ0) is 27.6. The number of nitrogens with zero attached hydrogens (tertiary/aromatic N) is 4. The summed E-state index contributed by atoms with van der Waals surface area (Å²) in [6.07, 6.45) is 2.56. The number of hydrogen-bond donors (Lipinski definition) is 3. The molecule has 0 spiro atoms. The van der Waals surface area contributed by atoms with E-state index in [1.807, 2.05) is 47.0 Å². The van der Waals surface area contributed by atoms with Gasteiger partial charge in [-0.15, -0.1) is 0 Å². The number of H-pyrrole nitrogens is 1. The van der Waals surface area contributed by atoms with Crippen LogP contribution in [0, 0.1) is 0 Å². The summed E-state index contributed by atoms with van der Waals surface area (Å²) in [6, 6.07) is 21.8. The first-order valence-electron chi connectivity index (χ1n) is 13.8. The monoisotopic (exact) mass is 543 g/mol. The van der Waals surface area contributed by atoms with E-state index in [2.05, 4.69) is 46.2 Å². The molecule has 3 heterocycles. The van der Waals surface area contributed by atoms with E-state index in [1.54, 1.807) is 0 Å². The second kappa shape index (κ2) is 11.1. The van der Waals surface area contributed by atoms with Gasteiger partial charge in [-0.3, -0.25) is 14.5 Å². The highest BCUT2D eigenvalue weighted by Gasteiger charge is 2.34. The Balaban J connectivity index is 0.00000337. The van der Waals surface area contributed by atoms with Crippen LogP contribution in [0.1, 0.15) is 44.4 Å². The van der Waals surface area contributed by atoms with Gasteiger partial charge in [0.15, 0.2) is 17.3 Å². The molecule has 10 nitrogen and oxygen atoms in total. The standard InChI is InChI=1S/C30H35N7O3.H2/c1-2-20-7-9-21(10-8-20)28(29(34-31)37(32)23-11-12-26-27(19-23)40-18-17-39-26)35-15-13-22(14-16-35)36-25-6-4-3-5-24(25)33-30(36)38;/h3-12,19,22,28H,2,13-18,31-32H2,1H3,(H,33,38);1H/b34-29-;. The molecule has 1 unspecified atom stereocenters. The SMILES string of the molecule is CCc1ccc(C(/C(=N/N)N(N)c2ccc3c(c2)OCCO3)N2CCC(n3c(=O)[nH]c4ccccc43)CC2)cc1.[HH]. The van der Waals surface area contributed by atoms with E-state index in [9.17, 15) is 4.79 Å². The number of aromatic nitrogens is 2. The van der Waals surface area contributed by atoms with Gasteiger partial charge in [-0.25, -0.2) is 10.6 Å². The summed E-state index contributed by atoms with van der Waals surface area (Å²) < 4.78 is 13.4. The molecule has 1 saturated heterocycles. The molecule has 1 fully saturated rings. The van der Waals surface area contributed by atoms with Crippen LogP contribution in [-0.2, 0) is 6.42 Å². The Kier molecular flexibility index (Phi) is 7.19. The molecule has 4 aromatic rings. The molecule has 0 saturated carbocycles. The lowest BCUT2D eigenvalue weighted by Crippen LogP contribution is -2.49. The Hall–Kier alpha value is -4.28. The third-order valence-corrected chi connectivity index (χ3v) is 7.98. The van der Waals surface area contributed by atoms with Crippen LogP contribution in [0.5, 0.6) is 11.5 Å². The van der Waals surface area contributed by atoms with Gasteiger partial charge in [-0.05, 0) is 54.7 Å². The topological polar surface area (TPSA) is 127 Å². The molecule has 2 aliphatic heterocycles. The highest BCUT2D eigenvalue weighted by atomic mass is 16.6. The van der Waals surface area contributed by atoms with E-state index in [0.29, 0.717) is 36.2 Å². The van der Waals surface area contributed by atoms with Gasteiger partial charge in [0.25, 0.3) is 0 Å². The quantitative estimate of drug-likeness (QED) is 0.145. The fourth-order valence-corrected chi connectivity index (χ4v) is 5.88. The Bertz CT molecular complexity index is 1580. The van der Waals surface area contributed by atoms with Gasteiger partial charge in [0.1, 0.15) is 13.2 Å². The molecule has 1 atom stereocenters. The fourth-order valence-electron chi connectivity index (χ4n) is 5.88. The normalized spacial score (nSPS) is 17.2. The number of piperidine rings is 1. The van der Waals surface area contributed by atoms with Crippen LogP contribution in [0.4, 0.5) is 5.69 Å². The van der Waals surface area contributed by atoms with Crippen LogP contribution in [0.15, 0.2) is 76.6 Å². The first-order valence-corrected chi connectivity index (χ1v) is 13.8. The largest absolute Gasteiger partial charge is 0.486 e. The lowest BCUT2D eigenvalue weighted by Gasteiger charge is -2.40. The number of nitrogens with one attached hydrogen (secondary N) is 1. The van der Waals surface area contributed by atoms with E-state index in [1.165, 1.54) is 10.6 Å².